The van der Waals surface area contributed by atoms with Gasteiger partial charge in [-0.05, 0) is 18.6 Å². The lowest BCUT2D eigenvalue weighted by atomic mass is 10.2. The van der Waals surface area contributed by atoms with Crippen molar-refractivity contribution in [3.63, 3.8) is 0 Å². The van der Waals surface area contributed by atoms with Gasteiger partial charge < -0.3 is 4.74 Å². The number of hydrogen-bond donors (Lipinski definition) is 1. The third-order valence-electron chi connectivity index (χ3n) is 3.24. The number of ether oxygens (including phenoxy) is 1. The van der Waals surface area contributed by atoms with Gasteiger partial charge in [-0.3, -0.25) is 10.1 Å². The van der Waals surface area contributed by atoms with Crippen LogP contribution in [0.5, 0.6) is 0 Å². The maximum absolute atomic E-state index is 12.0. The Morgan fingerprint density at radius 2 is 1.52 bits per heavy atom. The molecule has 29 heavy (non-hydrogen) atoms. The minimum atomic E-state index is -0.139. The highest BCUT2D eigenvalue weighted by Crippen LogP contribution is 2.24. The van der Waals surface area contributed by atoms with Crippen LogP contribution in [0.25, 0.3) is 11.3 Å². The van der Waals surface area contributed by atoms with E-state index in [0.717, 1.165) is 24.3 Å². The molecule has 0 fully saturated rings. The zero-order chi connectivity index (χ0) is 21.9. The Balaban J connectivity index is 0.000000752. The van der Waals surface area contributed by atoms with Gasteiger partial charge in [0.1, 0.15) is 0 Å². The van der Waals surface area contributed by atoms with Crippen molar-refractivity contribution in [1.82, 2.24) is 4.98 Å². The molecule has 0 aliphatic carbocycles. The van der Waals surface area contributed by atoms with E-state index in [1.165, 1.54) is 11.3 Å². The van der Waals surface area contributed by atoms with Crippen molar-refractivity contribution in [2.75, 3.05) is 19.0 Å². The fourth-order valence-electron chi connectivity index (χ4n) is 2.04. The number of methoxy groups -OCH3 is 1. The summed E-state index contributed by atoms with van der Waals surface area (Å²) in [6.07, 6.45) is 1.12. The van der Waals surface area contributed by atoms with Crippen molar-refractivity contribution < 1.29 is 9.53 Å². The van der Waals surface area contributed by atoms with E-state index in [2.05, 4.69) is 17.2 Å². The van der Waals surface area contributed by atoms with Crippen LogP contribution >= 0.6 is 11.3 Å². The maximum Gasteiger partial charge on any atom is 0.257 e. The van der Waals surface area contributed by atoms with Gasteiger partial charge in [0.15, 0.2) is 5.13 Å². The summed E-state index contributed by atoms with van der Waals surface area (Å²) in [5.41, 5.74) is 2.55. The number of nitrogens with one attached hydrogen (secondary N) is 1. The maximum atomic E-state index is 12.0. The molecule has 0 unspecified atom stereocenters. The predicted octanol–water partition coefficient (Wildman–Crippen LogP) is 7.16. The van der Waals surface area contributed by atoms with Crippen molar-refractivity contribution >= 4 is 22.4 Å². The van der Waals surface area contributed by atoms with Crippen molar-refractivity contribution in [3.05, 3.63) is 71.6 Å². The van der Waals surface area contributed by atoms with E-state index in [9.17, 15) is 4.79 Å². The van der Waals surface area contributed by atoms with Gasteiger partial charge in [0.05, 0.1) is 5.69 Å². The number of carbonyl (C=O) groups is 1. The third-order valence-corrected chi connectivity index (χ3v) is 4.00. The lowest BCUT2D eigenvalue weighted by molar-refractivity contribution is 0.102. The van der Waals surface area contributed by atoms with Gasteiger partial charge >= 0.3 is 0 Å². The lowest BCUT2D eigenvalue weighted by Crippen LogP contribution is -2.11. The van der Waals surface area contributed by atoms with Crippen molar-refractivity contribution in [2.45, 2.75) is 41.0 Å². The second-order valence-electron chi connectivity index (χ2n) is 5.22. The zero-order valence-electron chi connectivity index (χ0n) is 18.4. The Kier molecular flexibility index (Phi) is 16.1. The second kappa shape index (κ2) is 17.6. The number of rotatable bonds is 5. The standard InChI is InChI=1S/C16H12N2OS.C4H10O.2C2H6/c19-15(13-9-5-2-6-10-13)18-16-17-14(11-20-16)12-7-3-1-4-8-12;1-3-4-5-2;2*1-2/h1-11H,(H,17,18,19);3-4H2,1-2H3;2*1-2H3. The van der Waals surface area contributed by atoms with Crippen LogP contribution in [0.15, 0.2) is 66.0 Å². The smallest absolute Gasteiger partial charge is 0.257 e. The third kappa shape index (κ3) is 10.6. The van der Waals surface area contributed by atoms with Crippen LogP contribution in [0.2, 0.25) is 0 Å². The number of hydrogen-bond acceptors (Lipinski definition) is 4. The lowest BCUT2D eigenvalue weighted by Gasteiger charge is -2.00. The average Bonchev–Trinajstić information content (AvgIpc) is 3.27. The number of nitrogens with zero attached hydrogens (tertiary/aromatic N) is 1. The van der Waals surface area contributed by atoms with E-state index in [1.54, 1.807) is 19.2 Å². The van der Waals surface area contributed by atoms with Crippen molar-refractivity contribution in [3.8, 4) is 11.3 Å². The molecule has 0 atom stereocenters. The van der Waals surface area contributed by atoms with Gasteiger partial charge in [-0.2, -0.15) is 0 Å². The van der Waals surface area contributed by atoms with Crippen LogP contribution in [-0.2, 0) is 4.74 Å². The van der Waals surface area contributed by atoms with Gasteiger partial charge in [0, 0.05) is 30.2 Å². The zero-order valence-corrected chi connectivity index (χ0v) is 19.3. The number of anilines is 1. The monoisotopic (exact) mass is 414 g/mol. The van der Waals surface area contributed by atoms with E-state index in [4.69, 9.17) is 4.74 Å². The molecule has 1 aromatic heterocycles. The first-order valence-corrected chi connectivity index (χ1v) is 11.0. The molecule has 3 aromatic rings. The Bertz CT molecular complexity index is 757. The molecule has 3 rings (SSSR count). The Morgan fingerprint density at radius 1 is 0.966 bits per heavy atom. The van der Waals surface area contributed by atoms with Crippen LogP contribution < -0.4 is 5.32 Å². The summed E-state index contributed by atoms with van der Waals surface area (Å²) in [4.78, 5) is 16.4. The van der Waals surface area contributed by atoms with Crippen molar-refractivity contribution in [2.24, 2.45) is 0 Å². The van der Waals surface area contributed by atoms with Gasteiger partial charge in [-0.1, -0.05) is 83.1 Å². The molecular weight excluding hydrogens is 380 g/mol. The summed E-state index contributed by atoms with van der Waals surface area (Å²) in [6.45, 7) is 11.0. The van der Waals surface area contributed by atoms with Gasteiger partial charge in [0.25, 0.3) is 5.91 Å². The number of amides is 1. The minimum Gasteiger partial charge on any atom is -0.385 e. The first-order valence-electron chi connectivity index (χ1n) is 10.1. The summed E-state index contributed by atoms with van der Waals surface area (Å²) < 4.78 is 4.69. The van der Waals surface area contributed by atoms with Crippen LogP contribution in [0.4, 0.5) is 5.13 Å². The summed E-state index contributed by atoms with van der Waals surface area (Å²) >= 11 is 1.42. The molecule has 1 heterocycles. The van der Waals surface area contributed by atoms with Crippen LogP contribution in [0, 0.1) is 0 Å². The highest BCUT2D eigenvalue weighted by atomic mass is 32.1. The van der Waals surface area contributed by atoms with E-state index < -0.39 is 0 Å². The summed E-state index contributed by atoms with van der Waals surface area (Å²) in [7, 11) is 1.71. The molecule has 4 nitrogen and oxygen atoms in total. The molecule has 0 bridgehead atoms. The number of thiazole rings is 1. The second-order valence-corrected chi connectivity index (χ2v) is 6.07. The first kappa shape index (κ1) is 26.5. The minimum absolute atomic E-state index is 0.139. The molecule has 1 amide bonds. The number of carbonyl (C=O) groups excluding carboxylic acids is 1. The van der Waals surface area contributed by atoms with Gasteiger partial charge in [-0.25, -0.2) is 4.98 Å². The van der Waals surface area contributed by atoms with Crippen LogP contribution in [-0.4, -0.2) is 24.6 Å². The average molecular weight is 415 g/mol. The molecular formula is C24H34N2O2S. The highest BCUT2D eigenvalue weighted by molar-refractivity contribution is 7.14. The normalized spacial score (nSPS) is 8.90. The fraction of sp³-hybridized carbons (Fsp3) is 0.333. The highest BCUT2D eigenvalue weighted by Gasteiger charge is 2.09. The van der Waals surface area contributed by atoms with E-state index in [1.807, 2.05) is 81.6 Å². The number of benzene rings is 2. The Morgan fingerprint density at radius 3 is 2.00 bits per heavy atom. The quantitative estimate of drug-likeness (QED) is 0.482. The van der Waals surface area contributed by atoms with Crippen LogP contribution in [0.1, 0.15) is 51.4 Å². The van der Waals surface area contributed by atoms with Gasteiger partial charge in [-0.15, -0.1) is 11.3 Å². The molecule has 0 aliphatic rings. The molecule has 0 radical (unpaired) electrons. The molecule has 2 aromatic carbocycles. The van der Waals surface area contributed by atoms with Crippen molar-refractivity contribution in [1.29, 1.82) is 0 Å². The molecule has 1 N–H and O–H groups in total. The number of aromatic nitrogens is 1. The van der Waals surface area contributed by atoms with Crippen LogP contribution in [0.3, 0.4) is 0 Å². The molecule has 158 valence electrons. The topological polar surface area (TPSA) is 51.2 Å². The summed E-state index contributed by atoms with van der Waals surface area (Å²) in [5.74, 6) is -0.139. The molecule has 0 aliphatic heterocycles. The van der Waals surface area contributed by atoms with E-state index in [-0.39, 0.29) is 5.91 Å². The molecule has 0 spiro atoms. The first-order chi connectivity index (χ1) is 14.2. The van der Waals surface area contributed by atoms with E-state index in [0.29, 0.717) is 10.7 Å². The molecule has 5 heteroatoms. The SMILES string of the molecule is CC.CC.CCCOC.O=C(Nc1nc(-c2ccccc2)cs1)c1ccccc1. The summed E-state index contributed by atoms with van der Waals surface area (Å²) in [5, 5.41) is 5.37. The predicted molar refractivity (Wildman–Crippen MR) is 127 cm³/mol. The Labute approximate surface area is 180 Å². The molecule has 0 saturated carbocycles. The fourth-order valence-corrected chi connectivity index (χ4v) is 2.75. The largest absolute Gasteiger partial charge is 0.385 e. The summed E-state index contributed by atoms with van der Waals surface area (Å²) in [6, 6.07) is 19.0. The molecule has 0 saturated heterocycles. The Hall–Kier alpha value is -2.50. The van der Waals surface area contributed by atoms with E-state index >= 15 is 0 Å². The van der Waals surface area contributed by atoms with Gasteiger partial charge in [0.2, 0.25) is 0 Å².